The van der Waals surface area contributed by atoms with Crippen molar-refractivity contribution in [1.29, 1.82) is 0 Å². The predicted octanol–water partition coefficient (Wildman–Crippen LogP) is 1.77. The van der Waals surface area contributed by atoms with E-state index in [1.165, 1.54) is 19.2 Å². The SMILES string of the molecule is COC(=O)c1ccc([N+](=O)[O-])c(OCC(=O)N2CCCCC2)c1. The molecule has 0 atom stereocenters. The molecule has 0 saturated carbocycles. The van der Waals surface area contributed by atoms with E-state index in [9.17, 15) is 19.7 Å². The smallest absolute Gasteiger partial charge is 0.337 e. The van der Waals surface area contributed by atoms with Gasteiger partial charge in [-0.05, 0) is 25.3 Å². The van der Waals surface area contributed by atoms with Gasteiger partial charge in [-0.15, -0.1) is 0 Å². The zero-order valence-corrected chi connectivity index (χ0v) is 12.8. The Bertz CT molecular complexity index is 610. The normalized spacial score (nSPS) is 14.2. The van der Waals surface area contributed by atoms with Crippen LogP contribution in [-0.2, 0) is 9.53 Å². The lowest BCUT2D eigenvalue weighted by Gasteiger charge is -2.26. The fourth-order valence-electron chi connectivity index (χ4n) is 2.40. The van der Waals surface area contributed by atoms with E-state index in [1.54, 1.807) is 4.90 Å². The van der Waals surface area contributed by atoms with Crippen molar-refractivity contribution in [2.45, 2.75) is 19.3 Å². The van der Waals surface area contributed by atoms with Crippen LogP contribution in [0.5, 0.6) is 5.75 Å². The summed E-state index contributed by atoms with van der Waals surface area (Å²) in [5.74, 6) is -0.974. The number of esters is 1. The van der Waals surface area contributed by atoms with Crippen LogP contribution in [0.15, 0.2) is 18.2 Å². The summed E-state index contributed by atoms with van der Waals surface area (Å²) in [7, 11) is 1.21. The van der Waals surface area contributed by atoms with E-state index in [0.29, 0.717) is 13.1 Å². The Balaban J connectivity index is 2.11. The molecule has 1 saturated heterocycles. The number of nitro benzene ring substituents is 1. The van der Waals surface area contributed by atoms with Gasteiger partial charge in [0.1, 0.15) is 0 Å². The van der Waals surface area contributed by atoms with E-state index in [4.69, 9.17) is 4.74 Å². The summed E-state index contributed by atoms with van der Waals surface area (Å²) in [5.41, 5.74) is -0.178. The maximum Gasteiger partial charge on any atom is 0.337 e. The van der Waals surface area contributed by atoms with Gasteiger partial charge in [0.15, 0.2) is 12.4 Å². The maximum absolute atomic E-state index is 12.1. The Labute approximate surface area is 133 Å². The molecule has 1 heterocycles. The second kappa shape index (κ2) is 7.57. The Hall–Kier alpha value is -2.64. The lowest BCUT2D eigenvalue weighted by molar-refractivity contribution is -0.385. The maximum atomic E-state index is 12.1. The van der Waals surface area contributed by atoms with Crippen LogP contribution in [0.3, 0.4) is 0 Å². The van der Waals surface area contributed by atoms with Crippen molar-refractivity contribution >= 4 is 17.6 Å². The summed E-state index contributed by atoms with van der Waals surface area (Å²) in [6, 6.07) is 3.66. The van der Waals surface area contributed by atoms with Crippen molar-refractivity contribution in [3.63, 3.8) is 0 Å². The lowest BCUT2D eigenvalue weighted by atomic mass is 10.1. The molecule has 2 rings (SSSR count). The molecular formula is C15H18N2O6. The van der Waals surface area contributed by atoms with Crippen LogP contribution in [0.25, 0.3) is 0 Å². The zero-order valence-electron chi connectivity index (χ0n) is 12.8. The van der Waals surface area contributed by atoms with Crippen molar-refractivity contribution in [2.75, 3.05) is 26.8 Å². The largest absolute Gasteiger partial charge is 0.477 e. The minimum Gasteiger partial charge on any atom is -0.477 e. The summed E-state index contributed by atoms with van der Waals surface area (Å²) in [4.78, 5) is 35.7. The van der Waals surface area contributed by atoms with Crippen molar-refractivity contribution < 1.29 is 24.0 Å². The molecule has 8 heteroatoms. The summed E-state index contributed by atoms with van der Waals surface area (Å²) in [6.07, 6.45) is 2.99. The van der Waals surface area contributed by atoms with Crippen LogP contribution in [0.1, 0.15) is 29.6 Å². The molecule has 1 aromatic rings. The molecule has 0 radical (unpaired) electrons. The molecule has 1 aliphatic rings. The second-order valence-electron chi connectivity index (χ2n) is 5.16. The molecule has 1 aliphatic heterocycles. The van der Waals surface area contributed by atoms with Gasteiger partial charge < -0.3 is 14.4 Å². The van der Waals surface area contributed by atoms with E-state index in [0.717, 1.165) is 25.3 Å². The van der Waals surface area contributed by atoms with Gasteiger partial charge in [-0.25, -0.2) is 4.79 Å². The first-order valence-corrected chi connectivity index (χ1v) is 7.30. The van der Waals surface area contributed by atoms with Crippen LogP contribution < -0.4 is 4.74 Å². The highest BCUT2D eigenvalue weighted by Crippen LogP contribution is 2.28. The number of hydrogen-bond acceptors (Lipinski definition) is 6. The average molecular weight is 322 g/mol. The van der Waals surface area contributed by atoms with Crippen LogP contribution in [0.2, 0.25) is 0 Å². The van der Waals surface area contributed by atoms with E-state index in [-0.39, 0.29) is 29.5 Å². The molecule has 0 spiro atoms. The van der Waals surface area contributed by atoms with Crippen LogP contribution in [0.4, 0.5) is 5.69 Å². The number of nitrogens with zero attached hydrogens (tertiary/aromatic N) is 2. The molecule has 1 fully saturated rings. The summed E-state index contributed by atoms with van der Waals surface area (Å²) < 4.78 is 9.88. The van der Waals surface area contributed by atoms with E-state index >= 15 is 0 Å². The third-order valence-corrected chi connectivity index (χ3v) is 3.64. The standard InChI is InChI=1S/C15H18N2O6/c1-22-15(19)11-5-6-12(17(20)21)13(9-11)23-10-14(18)16-7-3-2-4-8-16/h5-6,9H,2-4,7-8,10H2,1H3. The van der Waals surface area contributed by atoms with Gasteiger partial charge in [0.05, 0.1) is 17.6 Å². The van der Waals surface area contributed by atoms with Crippen molar-refractivity contribution in [1.82, 2.24) is 4.90 Å². The van der Waals surface area contributed by atoms with Gasteiger partial charge >= 0.3 is 11.7 Å². The average Bonchev–Trinajstić information content (AvgIpc) is 2.59. The molecule has 8 nitrogen and oxygen atoms in total. The number of piperidine rings is 1. The number of rotatable bonds is 5. The second-order valence-corrected chi connectivity index (χ2v) is 5.16. The van der Waals surface area contributed by atoms with E-state index < -0.39 is 10.9 Å². The number of ether oxygens (including phenoxy) is 2. The first-order valence-electron chi connectivity index (χ1n) is 7.30. The molecule has 23 heavy (non-hydrogen) atoms. The summed E-state index contributed by atoms with van der Waals surface area (Å²) >= 11 is 0. The molecule has 0 N–H and O–H groups in total. The van der Waals surface area contributed by atoms with Gasteiger partial charge in [-0.1, -0.05) is 0 Å². The highest BCUT2D eigenvalue weighted by molar-refractivity contribution is 5.90. The predicted molar refractivity (Wildman–Crippen MR) is 80.4 cm³/mol. The Morgan fingerprint density at radius 1 is 1.26 bits per heavy atom. The first kappa shape index (κ1) is 16.7. The number of methoxy groups -OCH3 is 1. The molecule has 0 bridgehead atoms. The number of nitro groups is 1. The van der Waals surface area contributed by atoms with Crippen molar-refractivity contribution in [3.8, 4) is 5.75 Å². The van der Waals surface area contributed by atoms with Gasteiger partial charge in [0, 0.05) is 25.2 Å². The number of carbonyl (C=O) groups excluding carboxylic acids is 2. The molecule has 0 aliphatic carbocycles. The fourth-order valence-corrected chi connectivity index (χ4v) is 2.40. The summed E-state index contributed by atoms with van der Waals surface area (Å²) in [5, 5.41) is 11.0. The zero-order chi connectivity index (χ0) is 16.8. The topological polar surface area (TPSA) is 99.0 Å². The molecular weight excluding hydrogens is 304 g/mol. The third-order valence-electron chi connectivity index (χ3n) is 3.64. The van der Waals surface area contributed by atoms with Crippen LogP contribution in [-0.4, -0.2) is 48.5 Å². The minimum absolute atomic E-state index is 0.122. The highest BCUT2D eigenvalue weighted by atomic mass is 16.6. The summed E-state index contributed by atoms with van der Waals surface area (Å²) in [6.45, 7) is 1.05. The number of carbonyl (C=O) groups is 2. The first-order chi connectivity index (χ1) is 11.0. The number of benzene rings is 1. The minimum atomic E-state index is -0.632. The molecule has 0 aromatic heterocycles. The van der Waals surface area contributed by atoms with Crippen molar-refractivity contribution in [2.24, 2.45) is 0 Å². The third kappa shape index (κ3) is 4.18. The van der Waals surface area contributed by atoms with Crippen LogP contribution >= 0.6 is 0 Å². The number of likely N-dealkylation sites (tertiary alicyclic amines) is 1. The quantitative estimate of drug-likeness (QED) is 0.465. The van der Waals surface area contributed by atoms with Gasteiger partial charge in [0.25, 0.3) is 5.91 Å². The fraction of sp³-hybridized carbons (Fsp3) is 0.467. The number of amides is 1. The van der Waals surface area contributed by atoms with E-state index in [2.05, 4.69) is 4.74 Å². The number of hydrogen-bond donors (Lipinski definition) is 0. The molecule has 0 unspecified atom stereocenters. The van der Waals surface area contributed by atoms with Gasteiger partial charge in [-0.2, -0.15) is 0 Å². The van der Waals surface area contributed by atoms with E-state index in [1.807, 2.05) is 0 Å². The molecule has 1 aromatic carbocycles. The Morgan fingerprint density at radius 2 is 1.96 bits per heavy atom. The van der Waals surface area contributed by atoms with Crippen molar-refractivity contribution in [3.05, 3.63) is 33.9 Å². The van der Waals surface area contributed by atoms with Gasteiger partial charge in [-0.3, -0.25) is 14.9 Å². The highest BCUT2D eigenvalue weighted by Gasteiger charge is 2.21. The van der Waals surface area contributed by atoms with Gasteiger partial charge in [0.2, 0.25) is 0 Å². The van der Waals surface area contributed by atoms with Crippen LogP contribution in [0, 0.1) is 10.1 Å². The molecule has 124 valence electrons. The molecule has 1 amide bonds. The Kier molecular flexibility index (Phi) is 5.51. The monoisotopic (exact) mass is 322 g/mol. The lowest BCUT2D eigenvalue weighted by Crippen LogP contribution is -2.38. The Morgan fingerprint density at radius 3 is 2.57 bits per heavy atom.